The molecule has 0 saturated carbocycles. The number of ether oxygens (including phenoxy) is 2. The second-order valence-electron chi connectivity index (χ2n) is 8.61. The van der Waals surface area contributed by atoms with E-state index in [2.05, 4.69) is 5.32 Å². The van der Waals surface area contributed by atoms with Crippen LogP contribution in [0, 0.1) is 0 Å². The third-order valence-electron chi connectivity index (χ3n) is 6.05. The molecule has 0 bridgehead atoms. The van der Waals surface area contributed by atoms with Crippen molar-refractivity contribution in [2.75, 3.05) is 36.5 Å². The number of fused-ring (bicyclic) bond motifs is 1. The number of anilines is 2. The number of nitrogens with one attached hydrogen (secondary N) is 1. The summed E-state index contributed by atoms with van der Waals surface area (Å²) < 4.78 is 11.2. The summed E-state index contributed by atoms with van der Waals surface area (Å²) in [7, 11) is 0. The molecule has 0 spiro atoms. The van der Waals surface area contributed by atoms with Crippen LogP contribution in [0.5, 0.6) is 11.5 Å². The molecule has 3 amide bonds. The van der Waals surface area contributed by atoms with Crippen molar-refractivity contribution in [3.8, 4) is 11.5 Å². The summed E-state index contributed by atoms with van der Waals surface area (Å²) in [5.74, 6) is 0.757. The van der Waals surface area contributed by atoms with E-state index in [0.29, 0.717) is 23.7 Å². The molecular weight excluding hydrogens is 434 g/mol. The molecule has 1 fully saturated rings. The number of hydrogen-bond donors (Lipinski definition) is 1. The zero-order chi connectivity index (χ0) is 24.1. The Balaban J connectivity index is 1.46. The molecule has 4 rings (SSSR count). The van der Waals surface area contributed by atoms with Gasteiger partial charge in [0.2, 0.25) is 11.8 Å². The summed E-state index contributed by atoms with van der Waals surface area (Å²) in [4.78, 5) is 41.7. The van der Waals surface area contributed by atoms with Crippen LogP contribution in [0.3, 0.4) is 0 Å². The van der Waals surface area contributed by atoms with Crippen molar-refractivity contribution in [2.45, 2.75) is 45.6 Å². The number of rotatable bonds is 7. The Hall–Kier alpha value is -3.55. The highest BCUT2D eigenvalue weighted by molar-refractivity contribution is 6.04. The Morgan fingerprint density at radius 2 is 1.82 bits per heavy atom. The number of hydrogen-bond acceptors (Lipinski definition) is 5. The largest absolute Gasteiger partial charge is 0.494 e. The summed E-state index contributed by atoms with van der Waals surface area (Å²) in [5.41, 5.74) is 1.89. The average molecular weight is 466 g/mol. The fraction of sp³-hybridized carbons (Fsp3) is 0.423. The maximum absolute atomic E-state index is 12.9. The van der Waals surface area contributed by atoms with Crippen molar-refractivity contribution < 1.29 is 23.9 Å². The third-order valence-corrected chi connectivity index (χ3v) is 6.05. The Bertz CT molecular complexity index is 1050. The Kier molecular flexibility index (Phi) is 7.35. The van der Waals surface area contributed by atoms with Gasteiger partial charge in [0.05, 0.1) is 18.7 Å². The number of piperidine rings is 1. The van der Waals surface area contributed by atoms with Gasteiger partial charge in [0.15, 0.2) is 6.10 Å². The number of carbonyl (C=O) groups is 3. The van der Waals surface area contributed by atoms with Crippen molar-refractivity contribution >= 4 is 29.1 Å². The van der Waals surface area contributed by atoms with Gasteiger partial charge < -0.3 is 19.7 Å². The first kappa shape index (κ1) is 23.6. The molecular formula is C26H31N3O5. The van der Waals surface area contributed by atoms with Crippen molar-refractivity contribution in [2.24, 2.45) is 0 Å². The summed E-state index contributed by atoms with van der Waals surface area (Å²) in [6, 6.07) is 12.6. The predicted molar refractivity (Wildman–Crippen MR) is 129 cm³/mol. The van der Waals surface area contributed by atoms with E-state index in [-0.39, 0.29) is 30.7 Å². The van der Waals surface area contributed by atoms with Gasteiger partial charge in [0.1, 0.15) is 18.0 Å². The summed E-state index contributed by atoms with van der Waals surface area (Å²) >= 11 is 0. The number of nitrogens with zero attached hydrogens (tertiary/aromatic N) is 2. The minimum atomic E-state index is -0.679. The smallest absolute Gasteiger partial charge is 0.268 e. The van der Waals surface area contributed by atoms with E-state index in [1.54, 1.807) is 25.1 Å². The van der Waals surface area contributed by atoms with Gasteiger partial charge >= 0.3 is 0 Å². The minimum Gasteiger partial charge on any atom is -0.494 e. The SMILES string of the molecule is CCOc1ccc(CC(=O)Nc2ccc3c(c2)N(CC(=O)N2CCCCC2)C(=O)C(C)O3)cc1. The van der Waals surface area contributed by atoms with Crippen LogP contribution in [0.4, 0.5) is 11.4 Å². The van der Waals surface area contributed by atoms with Crippen molar-refractivity contribution in [3.05, 3.63) is 48.0 Å². The zero-order valence-corrected chi connectivity index (χ0v) is 19.7. The van der Waals surface area contributed by atoms with Gasteiger partial charge in [-0.1, -0.05) is 12.1 Å². The standard InChI is InChI=1S/C26H31N3O5/c1-3-33-21-10-7-19(8-11-21)15-24(30)27-20-9-12-23-22(16-20)29(26(32)18(2)34-23)17-25(31)28-13-5-4-6-14-28/h7-12,16,18H,3-6,13-15,17H2,1-2H3,(H,27,30). The van der Waals surface area contributed by atoms with Gasteiger partial charge in [0, 0.05) is 18.8 Å². The van der Waals surface area contributed by atoms with Gasteiger partial charge in [-0.25, -0.2) is 0 Å². The van der Waals surface area contributed by atoms with Crippen LogP contribution in [0.15, 0.2) is 42.5 Å². The van der Waals surface area contributed by atoms with Gasteiger partial charge in [-0.3, -0.25) is 19.3 Å². The second-order valence-corrected chi connectivity index (χ2v) is 8.61. The summed E-state index contributed by atoms with van der Waals surface area (Å²) in [6.07, 6.45) is 2.62. The highest BCUT2D eigenvalue weighted by Crippen LogP contribution is 2.36. The highest BCUT2D eigenvalue weighted by Gasteiger charge is 2.34. The molecule has 0 aromatic heterocycles. The summed E-state index contributed by atoms with van der Waals surface area (Å²) in [5, 5.41) is 2.88. The van der Waals surface area contributed by atoms with Crippen molar-refractivity contribution in [1.29, 1.82) is 0 Å². The monoisotopic (exact) mass is 465 g/mol. The van der Waals surface area contributed by atoms with Crippen LogP contribution in [0.2, 0.25) is 0 Å². The molecule has 1 saturated heterocycles. The molecule has 1 atom stereocenters. The number of carbonyl (C=O) groups excluding carboxylic acids is 3. The predicted octanol–water partition coefficient (Wildman–Crippen LogP) is 3.39. The molecule has 34 heavy (non-hydrogen) atoms. The number of amides is 3. The Labute approximate surface area is 199 Å². The molecule has 1 unspecified atom stereocenters. The molecule has 2 heterocycles. The van der Waals surface area contributed by atoms with Crippen LogP contribution in [0.1, 0.15) is 38.7 Å². The van der Waals surface area contributed by atoms with E-state index >= 15 is 0 Å². The fourth-order valence-electron chi connectivity index (χ4n) is 4.29. The number of likely N-dealkylation sites (tertiary alicyclic amines) is 1. The molecule has 2 aromatic carbocycles. The maximum atomic E-state index is 12.9. The number of benzene rings is 2. The van der Waals surface area contributed by atoms with Crippen LogP contribution in [-0.2, 0) is 20.8 Å². The molecule has 2 aliphatic rings. The quantitative estimate of drug-likeness (QED) is 0.677. The molecule has 2 aromatic rings. The third kappa shape index (κ3) is 5.50. The lowest BCUT2D eigenvalue weighted by Crippen LogP contribution is -2.50. The van der Waals surface area contributed by atoms with Crippen LogP contribution in [-0.4, -0.2) is 55.0 Å². The van der Waals surface area contributed by atoms with Gasteiger partial charge in [-0.05, 0) is 69.0 Å². The van der Waals surface area contributed by atoms with E-state index in [9.17, 15) is 14.4 Å². The van der Waals surface area contributed by atoms with Gasteiger partial charge in [0.25, 0.3) is 5.91 Å². The highest BCUT2D eigenvalue weighted by atomic mass is 16.5. The fourth-order valence-corrected chi connectivity index (χ4v) is 4.29. The van der Waals surface area contributed by atoms with Gasteiger partial charge in [-0.2, -0.15) is 0 Å². The van der Waals surface area contributed by atoms with E-state index in [0.717, 1.165) is 43.7 Å². The van der Waals surface area contributed by atoms with Crippen molar-refractivity contribution in [1.82, 2.24) is 4.90 Å². The minimum absolute atomic E-state index is 0.0386. The van der Waals surface area contributed by atoms with Gasteiger partial charge in [-0.15, -0.1) is 0 Å². The molecule has 8 nitrogen and oxygen atoms in total. The normalized spacial score (nSPS) is 17.6. The first-order valence-electron chi connectivity index (χ1n) is 11.9. The average Bonchev–Trinajstić information content (AvgIpc) is 2.84. The van der Waals surface area contributed by atoms with Crippen LogP contribution >= 0.6 is 0 Å². The van der Waals surface area contributed by atoms with E-state index < -0.39 is 6.10 Å². The molecule has 2 aliphatic heterocycles. The van der Waals surface area contributed by atoms with Crippen LogP contribution < -0.4 is 19.7 Å². The Morgan fingerprint density at radius 1 is 1.09 bits per heavy atom. The lowest BCUT2D eigenvalue weighted by atomic mass is 10.1. The molecule has 8 heteroatoms. The lowest BCUT2D eigenvalue weighted by molar-refractivity contribution is -0.133. The molecule has 180 valence electrons. The first-order valence-corrected chi connectivity index (χ1v) is 11.9. The van der Waals surface area contributed by atoms with E-state index in [1.807, 2.05) is 36.1 Å². The Morgan fingerprint density at radius 3 is 2.53 bits per heavy atom. The topological polar surface area (TPSA) is 88.2 Å². The van der Waals surface area contributed by atoms with E-state index in [4.69, 9.17) is 9.47 Å². The second kappa shape index (κ2) is 10.6. The molecule has 1 N–H and O–H groups in total. The van der Waals surface area contributed by atoms with Crippen LogP contribution in [0.25, 0.3) is 0 Å². The lowest BCUT2D eigenvalue weighted by Gasteiger charge is -2.35. The maximum Gasteiger partial charge on any atom is 0.268 e. The van der Waals surface area contributed by atoms with Crippen molar-refractivity contribution in [3.63, 3.8) is 0 Å². The first-order chi connectivity index (χ1) is 16.4. The molecule has 0 aliphatic carbocycles. The zero-order valence-electron chi connectivity index (χ0n) is 19.7. The van der Waals surface area contributed by atoms with E-state index in [1.165, 1.54) is 4.90 Å². The molecule has 0 radical (unpaired) electrons. The summed E-state index contributed by atoms with van der Waals surface area (Å²) in [6.45, 7) is 5.59.